The van der Waals surface area contributed by atoms with Crippen LogP contribution in [0.25, 0.3) is 5.57 Å². The Kier molecular flexibility index (Phi) is 7.43. The highest BCUT2D eigenvalue weighted by Crippen LogP contribution is 2.55. The molecule has 0 aromatic heterocycles. The molecule has 1 fully saturated rings. The number of hydrogen-bond acceptors (Lipinski definition) is 2. The third-order valence-corrected chi connectivity index (χ3v) is 6.58. The monoisotopic (exact) mass is 400 g/mol. The lowest BCUT2D eigenvalue weighted by Crippen LogP contribution is -2.32. The summed E-state index contributed by atoms with van der Waals surface area (Å²) in [6.07, 6.45) is 22.0. The lowest BCUT2D eigenvalue weighted by atomic mass is 9.58. The molecule has 1 aromatic carbocycles. The Morgan fingerprint density at radius 1 is 1.18 bits per heavy atom. The molecule has 150 valence electrons. The quantitative estimate of drug-likeness (QED) is 0.467. The van der Waals surface area contributed by atoms with Gasteiger partial charge in [-0.2, -0.15) is 0 Å². The smallest absolute Gasteiger partial charge is 0.151 e. The normalized spacial score (nSPS) is 19.2. The van der Waals surface area contributed by atoms with Crippen LogP contribution < -0.4 is 0 Å². The molecule has 2 aliphatic rings. The Morgan fingerprint density at radius 3 is 2.32 bits per heavy atom. The second-order valence-corrected chi connectivity index (χ2v) is 9.92. The molecule has 1 spiro atoms. The maximum absolute atomic E-state index is 13.4. The number of hydrogen-bond donors (Lipinski definition) is 0. The Morgan fingerprint density at radius 2 is 1.82 bits per heavy atom. The largest absolute Gasteiger partial charge is 0.229 e. The number of rotatable bonds is 5. The van der Waals surface area contributed by atoms with Gasteiger partial charge in [0.15, 0.2) is 9.84 Å². The highest BCUT2D eigenvalue weighted by molar-refractivity contribution is 7.90. The standard InChI is InChI=1S/C22H27FO2S.C2H2/c1-3-17(6-4-15-26(2,24)25)20-11-14-22(12-5-13-22)16-21(20)18-7-9-19(23)10-8-18;1-2/h3-4,6-10H,5,11-16H2,1-2H3;1-2H/b6-4-,17-3+;. The molecule has 0 heterocycles. The van der Waals surface area contributed by atoms with E-state index < -0.39 is 9.84 Å². The van der Waals surface area contributed by atoms with Crippen molar-refractivity contribution >= 4 is 15.4 Å². The predicted molar refractivity (Wildman–Crippen MR) is 116 cm³/mol. The fourth-order valence-electron chi connectivity index (χ4n) is 4.18. The molecule has 2 aliphatic carbocycles. The maximum atomic E-state index is 13.4. The van der Waals surface area contributed by atoms with Crippen LogP contribution in [-0.4, -0.2) is 20.4 Å². The summed E-state index contributed by atoms with van der Waals surface area (Å²) < 4.78 is 36.2. The van der Waals surface area contributed by atoms with Crippen LogP contribution in [-0.2, 0) is 9.84 Å². The van der Waals surface area contributed by atoms with E-state index in [2.05, 4.69) is 18.9 Å². The fraction of sp³-hybridized carbons (Fsp3) is 0.417. The van der Waals surface area contributed by atoms with Gasteiger partial charge < -0.3 is 0 Å². The van der Waals surface area contributed by atoms with Crippen molar-refractivity contribution in [1.29, 1.82) is 0 Å². The van der Waals surface area contributed by atoms with Gasteiger partial charge in [0.25, 0.3) is 0 Å². The number of allylic oxidation sites excluding steroid dienone is 5. The molecule has 0 aliphatic heterocycles. The number of benzene rings is 1. The lowest BCUT2D eigenvalue weighted by Gasteiger charge is -2.46. The van der Waals surface area contributed by atoms with Crippen molar-refractivity contribution in [3.63, 3.8) is 0 Å². The summed E-state index contributed by atoms with van der Waals surface area (Å²) in [6, 6.07) is 6.79. The van der Waals surface area contributed by atoms with Gasteiger partial charge in [0.1, 0.15) is 5.82 Å². The summed E-state index contributed by atoms with van der Waals surface area (Å²) in [6.45, 7) is 1.99. The number of sulfone groups is 1. The summed E-state index contributed by atoms with van der Waals surface area (Å²) in [5, 5.41) is 0. The maximum Gasteiger partial charge on any atom is 0.151 e. The van der Waals surface area contributed by atoms with Gasteiger partial charge in [0.05, 0.1) is 5.75 Å². The van der Waals surface area contributed by atoms with Crippen molar-refractivity contribution in [3.8, 4) is 12.8 Å². The SMILES string of the molecule is C#C.C/C=C(\C=C/CS(C)(=O)=O)C1=C(c2ccc(F)cc2)CC2(CCC2)CC1. The van der Waals surface area contributed by atoms with Crippen molar-refractivity contribution in [3.05, 3.63) is 65.0 Å². The van der Waals surface area contributed by atoms with Gasteiger partial charge in [-0.05, 0) is 78.9 Å². The molecule has 28 heavy (non-hydrogen) atoms. The predicted octanol–water partition coefficient (Wildman–Crippen LogP) is 5.73. The van der Waals surface area contributed by atoms with Crippen molar-refractivity contribution in [2.45, 2.75) is 45.4 Å². The summed E-state index contributed by atoms with van der Waals surface area (Å²) in [4.78, 5) is 0. The zero-order valence-electron chi connectivity index (χ0n) is 16.7. The zero-order chi connectivity index (χ0) is 20.8. The highest BCUT2D eigenvalue weighted by atomic mass is 32.2. The molecular formula is C24H29FO2S. The van der Waals surface area contributed by atoms with Crippen LogP contribution in [0.5, 0.6) is 0 Å². The molecule has 0 amide bonds. The van der Waals surface area contributed by atoms with Gasteiger partial charge in [0.2, 0.25) is 0 Å². The third-order valence-electron chi connectivity index (χ3n) is 5.78. The molecule has 0 N–H and O–H groups in total. The summed E-state index contributed by atoms with van der Waals surface area (Å²) in [5.41, 5.74) is 5.17. The van der Waals surface area contributed by atoms with Crippen LogP contribution in [0.3, 0.4) is 0 Å². The van der Waals surface area contributed by atoms with Crippen molar-refractivity contribution < 1.29 is 12.8 Å². The molecule has 3 rings (SSSR count). The van der Waals surface area contributed by atoms with Crippen LogP contribution in [0.15, 0.2) is 53.6 Å². The molecule has 1 aromatic rings. The number of halogens is 1. The minimum absolute atomic E-state index is 0.0490. The first-order chi connectivity index (χ1) is 13.3. The Hall–Kier alpha value is -2.12. The summed E-state index contributed by atoms with van der Waals surface area (Å²) in [7, 11) is -3.01. The Bertz CT molecular complexity index is 896. The number of terminal acetylenes is 1. The van der Waals surface area contributed by atoms with Crippen molar-refractivity contribution in [2.24, 2.45) is 5.41 Å². The third kappa shape index (κ3) is 5.45. The molecule has 0 unspecified atom stereocenters. The average Bonchev–Trinajstić information content (AvgIpc) is 2.65. The average molecular weight is 401 g/mol. The topological polar surface area (TPSA) is 34.1 Å². The molecule has 4 heteroatoms. The van der Waals surface area contributed by atoms with Gasteiger partial charge in [-0.3, -0.25) is 0 Å². The fourth-order valence-corrected chi connectivity index (χ4v) is 4.63. The van der Waals surface area contributed by atoms with E-state index in [1.54, 1.807) is 6.08 Å². The van der Waals surface area contributed by atoms with Crippen LogP contribution in [0.1, 0.15) is 51.0 Å². The lowest BCUT2D eigenvalue weighted by molar-refractivity contribution is 0.121. The first kappa shape index (κ1) is 22.2. The zero-order valence-corrected chi connectivity index (χ0v) is 17.6. The summed E-state index contributed by atoms with van der Waals surface area (Å²) in [5.74, 6) is -0.169. The van der Waals surface area contributed by atoms with E-state index in [-0.39, 0.29) is 11.6 Å². The van der Waals surface area contributed by atoms with E-state index >= 15 is 0 Å². The molecule has 2 nitrogen and oxygen atoms in total. The van der Waals surface area contributed by atoms with Gasteiger partial charge in [-0.25, -0.2) is 12.8 Å². The Balaban J connectivity index is 0.00000136. The molecule has 1 saturated carbocycles. The summed E-state index contributed by atoms with van der Waals surface area (Å²) >= 11 is 0. The van der Waals surface area contributed by atoms with Crippen LogP contribution in [0.4, 0.5) is 4.39 Å². The molecule has 0 atom stereocenters. The van der Waals surface area contributed by atoms with E-state index in [0.717, 1.165) is 24.0 Å². The van der Waals surface area contributed by atoms with Gasteiger partial charge in [-0.15, -0.1) is 12.8 Å². The molecule has 0 saturated heterocycles. The van der Waals surface area contributed by atoms with E-state index in [0.29, 0.717) is 5.41 Å². The van der Waals surface area contributed by atoms with E-state index in [1.807, 2.05) is 25.1 Å². The van der Waals surface area contributed by atoms with Crippen molar-refractivity contribution in [2.75, 3.05) is 12.0 Å². The van der Waals surface area contributed by atoms with Crippen molar-refractivity contribution in [1.82, 2.24) is 0 Å². The van der Waals surface area contributed by atoms with Crippen LogP contribution in [0, 0.1) is 24.1 Å². The van der Waals surface area contributed by atoms with Gasteiger partial charge in [-0.1, -0.05) is 36.8 Å². The minimum atomic E-state index is -3.01. The van der Waals surface area contributed by atoms with Crippen LogP contribution >= 0.6 is 0 Å². The van der Waals surface area contributed by atoms with Gasteiger partial charge in [0, 0.05) is 6.26 Å². The molecule has 0 bridgehead atoms. The minimum Gasteiger partial charge on any atom is -0.229 e. The Labute approximate surface area is 169 Å². The first-order valence-corrected chi connectivity index (χ1v) is 11.7. The highest BCUT2D eigenvalue weighted by Gasteiger charge is 2.40. The van der Waals surface area contributed by atoms with E-state index in [9.17, 15) is 12.8 Å². The second kappa shape index (κ2) is 9.39. The van der Waals surface area contributed by atoms with Gasteiger partial charge >= 0.3 is 0 Å². The first-order valence-electron chi connectivity index (χ1n) is 9.64. The molecular weight excluding hydrogens is 371 g/mol. The second-order valence-electron chi connectivity index (χ2n) is 7.73. The van der Waals surface area contributed by atoms with Crippen LogP contribution in [0.2, 0.25) is 0 Å². The molecule has 0 radical (unpaired) electrons. The van der Waals surface area contributed by atoms with E-state index in [1.165, 1.54) is 55.2 Å². The van der Waals surface area contributed by atoms with E-state index in [4.69, 9.17) is 0 Å².